The van der Waals surface area contributed by atoms with Gasteiger partial charge in [0.1, 0.15) is 17.1 Å². The molecule has 0 saturated carbocycles. The molecule has 0 radical (unpaired) electrons. The Balaban J connectivity index is 1.55. The summed E-state index contributed by atoms with van der Waals surface area (Å²) in [5.41, 5.74) is 2.38. The lowest BCUT2D eigenvalue weighted by molar-refractivity contribution is 0.0699. The number of amides is 1. The van der Waals surface area contributed by atoms with Crippen LogP contribution in [0.4, 0.5) is 0 Å². The second-order valence-corrected chi connectivity index (χ2v) is 6.97. The van der Waals surface area contributed by atoms with Crippen LogP contribution in [0.2, 0.25) is 0 Å². The van der Waals surface area contributed by atoms with Gasteiger partial charge in [0.05, 0.1) is 0 Å². The molecular weight excluding hydrogens is 352 g/mol. The zero-order valence-corrected chi connectivity index (χ0v) is 15.8. The molecule has 0 bridgehead atoms. The lowest BCUT2D eigenvalue weighted by Crippen LogP contribution is -2.39. The van der Waals surface area contributed by atoms with Gasteiger partial charge in [0.25, 0.3) is 5.91 Å². The molecule has 3 heterocycles. The van der Waals surface area contributed by atoms with Gasteiger partial charge in [-0.05, 0) is 49.6 Å². The predicted molar refractivity (Wildman–Crippen MR) is 105 cm³/mol. The number of hydrogen-bond donors (Lipinski definition) is 0. The van der Waals surface area contributed by atoms with E-state index >= 15 is 0 Å². The highest BCUT2D eigenvalue weighted by molar-refractivity contribution is 5.92. The number of pyridine rings is 1. The fourth-order valence-electron chi connectivity index (χ4n) is 3.52. The molecule has 28 heavy (non-hydrogen) atoms. The van der Waals surface area contributed by atoms with Crippen molar-refractivity contribution in [3.8, 4) is 11.6 Å². The molecule has 0 aliphatic carbocycles. The molecule has 1 aliphatic rings. The summed E-state index contributed by atoms with van der Waals surface area (Å²) in [5.74, 6) is 1.27. The van der Waals surface area contributed by atoms with E-state index in [1.807, 2.05) is 48.2 Å². The van der Waals surface area contributed by atoms with E-state index in [0.717, 1.165) is 36.4 Å². The van der Waals surface area contributed by atoms with Gasteiger partial charge in [-0.2, -0.15) is 0 Å². The minimum absolute atomic E-state index is 0.0460. The molecule has 6 heteroatoms. The van der Waals surface area contributed by atoms with E-state index in [9.17, 15) is 4.79 Å². The number of benzene rings is 1. The number of carbonyl (C=O) groups is 1. The predicted octanol–water partition coefficient (Wildman–Crippen LogP) is 3.99. The number of hydrogen-bond acceptors (Lipinski definition) is 5. The van der Waals surface area contributed by atoms with Crippen LogP contribution in [0.25, 0.3) is 0 Å². The maximum Gasteiger partial charge on any atom is 0.272 e. The van der Waals surface area contributed by atoms with Crippen LogP contribution in [0.1, 0.15) is 40.5 Å². The molecule has 0 unspecified atom stereocenters. The van der Waals surface area contributed by atoms with Crippen LogP contribution in [-0.4, -0.2) is 38.8 Å². The molecule has 1 fully saturated rings. The summed E-state index contributed by atoms with van der Waals surface area (Å²) in [5, 5.41) is 0. The summed E-state index contributed by atoms with van der Waals surface area (Å²) in [7, 11) is 0. The first-order valence-corrected chi connectivity index (χ1v) is 9.46. The van der Waals surface area contributed by atoms with Crippen LogP contribution < -0.4 is 4.74 Å². The van der Waals surface area contributed by atoms with E-state index in [1.165, 1.54) is 0 Å². The zero-order chi connectivity index (χ0) is 19.3. The first-order chi connectivity index (χ1) is 13.7. The van der Waals surface area contributed by atoms with E-state index in [4.69, 9.17) is 4.74 Å². The average molecular weight is 374 g/mol. The van der Waals surface area contributed by atoms with E-state index in [2.05, 4.69) is 15.0 Å². The van der Waals surface area contributed by atoms with E-state index in [1.54, 1.807) is 24.7 Å². The summed E-state index contributed by atoms with van der Waals surface area (Å²) in [4.78, 5) is 27.8. The van der Waals surface area contributed by atoms with Crippen LogP contribution in [0.5, 0.6) is 11.6 Å². The molecular formula is C22H22N4O2. The summed E-state index contributed by atoms with van der Waals surface area (Å²) >= 11 is 0. The van der Waals surface area contributed by atoms with Crippen molar-refractivity contribution in [2.24, 2.45) is 0 Å². The Bertz CT molecular complexity index is 962. The van der Waals surface area contributed by atoms with Crippen molar-refractivity contribution >= 4 is 5.91 Å². The van der Waals surface area contributed by atoms with Gasteiger partial charge in [0, 0.05) is 37.6 Å². The number of rotatable bonds is 4. The Labute approximate surface area is 164 Å². The van der Waals surface area contributed by atoms with Crippen molar-refractivity contribution in [3.05, 3.63) is 78.0 Å². The van der Waals surface area contributed by atoms with Crippen molar-refractivity contribution in [1.29, 1.82) is 0 Å². The molecule has 0 N–H and O–H groups in total. The Kier molecular flexibility index (Phi) is 5.28. The Hall–Kier alpha value is -3.28. The topological polar surface area (TPSA) is 68.2 Å². The zero-order valence-electron chi connectivity index (χ0n) is 15.8. The summed E-state index contributed by atoms with van der Waals surface area (Å²) in [6.45, 7) is 3.32. The van der Waals surface area contributed by atoms with Crippen molar-refractivity contribution in [1.82, 2.24) is 19.9 Å². The number of ether oxygens (including phenoxy) is 1. The maximum atomic E-state index is 12.8. The van der Waals surface area contributed by atoms with Gasteiger partial charge in [-0.3, -0.25) is 14.8 Å². The molecule has 3 aromatic rings. The third-order valence-corrected chi connectivity index (χ3v) is 4.87. The minimum atomic E-state index is -0.0460. The molecule has 1 saturated heterocycles. The summed E-state index contributed by atoms with van der Waals surface area (Å²) in [6.07, 6.45) is 6.80. The van der Waals surface area contributed by atoms with Gasteiger partial charge < -0.3 is 9.64 Å². The van der Waals surface area contributed by atoms with E-state index < -0.39 is 0 Å². The van der Waals surface area contributed by atoms with Crippen LogP contribution in [0.3, 0.4) is 0 Å². The second kappa shape index (κ2) is 8.17. The van der Waals surface area contributed by atoms with Crippen molar-refractivity contribution in [2.75, 3.05) is 13.1 Å². The normalized spacial score (nSPS) is 16.6. The highest BCUT2D eigenvalue weighted by Crippen LogP contribution is 2.33. The van der Waals surface area contributed by atoms with Crippen LogP contribution >= 0.6 is 0 Å². The number of aromatic nitrogens is 3. The van der Waals surface area contributed by atoms with Gasteiger partial charge >= 0.3 is 0 Å². The van der Waals surface area contributed by atoms with Gasteiger partial charge in [-0.1, -0.05) is 18.2 Å². The standard InChI is InChI=1S/C22H22N4O2/c1-16-6-4-8-18(14-16)28-21-20(24-11-12-25-21)17-7-5-13-26(15-17)22(27)19-9-2-3-10-23-19/h2-4,6,8-12,14,17H,5,7,13,15H2,1H3/t17-/m0/s1. The van der Waals surface area contributed by atoms with Crippen molar-refractivity contribution in [2.45, 2.75) is 25.7 Å². The number of piperidine rings is 1. The number of aryl methyl sites for hydroxylation is 1. The maximum absolute atomic E-state index is 12.8. The van der Waals surface area contributed by atoms with Gasteiger partial charge in [-0.15, -0.1) is 0 Å². The molecule has 142 valence electrons. The Morgan fingerprint density at radius 1 is 1.07 bits per heavy atom. The highest BCUT2D eigenvalue weighted by Gasteiger charge is 2.29. The quantitative estimate of drug-likeness (QED) is 0.691. The molecule has 0 spiro atoms. The SMILES string of the molecule is Cc1cccc(Oc2nccnc2[C@H]2CCCN(C(=O)c3ccccn3)C2)c1. The second-order valence-electron chi connectivity index (χ2n) is 6.97. The third-order valence-electron chi connectivity index (χ3n) is 4.87. The number of carbonyl (C=O) groups excluding carboxylic acids is 1. The first-order valence-electron chi connectivity index (χ1n) is 9.46. The molecule has 1 amide bonds. The summed E-state index contributed by atoms with van der Waals surface area (Å²) in [6, 6.07) is 13.2. The molecule has 1 aliphatic heterocycles. The molecule has 6 nitrogen and oxygen atoms in total. The minimum Gasteiger partial charge on any atom is -0.437 e. The highest BCUT2D eigenvalue weighted by atomic mass is 16.5. The van der Waals surface area contributed by atoms with Gasteiger partial charge in [0.2, 0.25) is 5.88 Å². The Morgan fingerprint density at radius 3 is 2.79 bits per heavy atom. The summed E-state index contributed by atoms with van der Waals surface area (Å²) < 4.78 is 6.03. The molecule has 2 aromatic heterocycles. The monoisotopic (exact) mass is 374 g/mol. The number of likely N-dealkylation sites (tertiary alicyclic amines) is 1. The van der Waals surface area contributed by atoms with Crippen molar-refractivity contribution in [3.63, 3.8) is 0 Å². The first kappa shape index (κ1) is 18.1. The van der Waals surface area contributed by atoms with Crippen LogP contribution in [-0.2, 0) is 0 Å². The molecule has 1 aromatic carbocycles. The third kappa shape index (κ3) is 4.01. The van der Waals surface area contributed by atoms with Crippen LogP contribution in [0, 0.1) is 6.92 Å². The Morgan fingerprint density at radius 2 is 1.96 bits per heavy atom. The smallest absolute Gasteiger partial charge is 0.272 e. The average Bonchev–Trinajstić information content (AvgIpc) is 2.74. The fourth-order valence-corrected chi connectivity index (χ4v) is 3.52. The lowest BCUT2D eigenvalue weighted by Gasteiger charge is -2.32. The fraction of sp³-hybridized carbons (Fsp3) is 0.273. The molecule has 4 rings (SSSR count). The van der Waals surface area contributed by atoms with Crippen molar-refractivity contribution < 1.29 is 9.53 Å². The van der Waals surface area contributed by atoms with Crippen LogP contribution in [0.15, 0.2) is 61.1 Å². The molecule has 1 atom stereocenters. The van der Waals surface area contributed by atoms with E-state index in [0.29, 0.717) is 18.1 Å². The van der Waals surface area contributed by atoms with Gasteiger partial charge in [-0.25, -0.2) is 4.98 Å². The van der Waals surface area contributed by atoms with E-state index in [-0.39, 0.29) is 11.8 Å². The number of nitrogens with zero attached hydrogens (tertiary/aromatic N) is 4. The largest absolute Gasteiger partial charge is 0.437 e. The lowest BCUT2D eigenvalue weighted by atomic mass is 9.94. The van der Waals surface area contributed by atoms with Gasteiger partial charge in [0.15, 0.2) is 0 Å².